The number of aromatic carboxylic acids is 1. The van der Waals surface area contributed by atoms with Crippen molar-refractivity contribution in [1.82, 2.24) is 0 Å². The standard InChI is InChI=1S/C14H9Cl2FO2S/c15-10-3-1-2-9(13(10)16)7-20-12-6-8(14(18)19)4-5-11(12)17/h1-6H,7H2,(H,18,19). The fraction of sp³-hybridized carbons (Fsp3) is 0.0714. The molecule has 0 aliphatic carbocycles. The topological polar surface area (TPSA) is 37.3 Å². The molecule has 0 fully saturated rings. The Hall–Kier alpha value is -1.23. The number of carbonyl (C=O) groups is 1. The molecular weight excluding hydrogens is 322 g/mol. The Kier molecular flexibility index (Phi) is 4.91. The molecule has 0 heterocycles. The maximum atomic E-state index is 13.6. The highest BCUT2D eigenvalue weighted by atomic mass is 35.5. The van der Waals surface area contributed by atoms with Gasteiger partial charge in [-0.15, -0.1) is 11.8 Å². The second kappa shape index (κ2) is 6.48. The summed E-state index contributed by atoms with van der Waals surface area (Å²) in [6.07, 6.45) is 0. The molecule has 0 unspecified atom stereocenters. The lowest BCUT2D eigenvalue weighted by Crippen LogP contribution is -1.97. The van der Waals surface area contributed by atoms with Crippen LogP contribution in [0.2, 0.25) is 10.0 Å². The van der Waals surface area contributed by atoms with Crippen LogP contribution >= 0.6 is 35.0 Å². The van der Waals surface area contributed by atoms with Gasteiger partial charge in [0.15, 0.2) is 0 Å². The Morgan fingerprint density at radius 1 is 1.25 bits per heavy atom. The highest BCUT2D eigenvalue weighted by Gasteiger charge is 2.10. The van der Waals surface area contributed by atoms with Crippen LogP contribution in [0.5, 0.6) is 0 Å². The number of carboxylic acids is 1. The second-order valence-electron chi connectivity index (χ2n) is 3.95. The third-order valence-electron chi connectivity index (χ3n) is 2.59. The average Bonchev–Trinajstić information content (AvgIpc) is 2.41. The lowest BCUT2D eigenvalue weighted by atomic mass is 10.2. The predicted molar refractivity (Wildman–Crippen MR) is 79.4 cm³/mol. The normalized spacial score (nSPS) is 10.6. The van der Waals surface area contributed by atoms with Gasteiger partial charge in [0.1, 0.15) is 5.82 Å². The number of hydrogen-bond donors (Lipinski definition) is 1. The van der Waals surface area contributed by atoms with Gasteiger partial charge in [-0.3, -0.25) is 0 Å². The van der Waals surface area contributed by atoms with Crippen molar-refractivity contribution in [2.75, 3.05) is 0 Å². The maximum absolute atomic E-state index is 13.6. The van der Waals surface area contributed by atoms with Crippen molar-refractivity contribution in [3.63, 3.8) is 0 Å². The number of rotatable bonds is 4. The molecule has 2 nitrogen and oxygen atoms in total. The van der Waals surface area contributed by atoms with E-state index in [9.17, 15) is 9.18 Å². The van der Waals surface area contributed by atoms with E-state index in [2.05, 4.69) is 0 Å². The summed E-state index contributed by atoms with van der Waals surface area (Å²) in [6.45, 7) is 0. The molecule has 0 amide bonds. The zero-order valence-corrected chi connectivity index (χ0v) is 12.4. The lowest BCUT2D eigenvalue weighted by Gasteiger charge is -2.07. The van der Waals surface area contributed by atoms with Gasteiger partial charge in [-0.1, -0.05) is 35.3 Å². The van der Waals surface area contributed by atoms with E-state index in [1.807, 2.05) is 0 Å². The highest BCUT2D eigenvalue weighted by molar-refractivity contribution is 7.98. The van der Waals surface area contributed by atoms with Crippen LogP contribution in [0, 0.1) is 5.82 Å². The number of halogens is 3. The van der Waals surface area contributed by atoms with Crippen LogP contribution in [-0.2, 0) is 5.75 Å². The maximum Gasteiger partial charge on any atom is 0.335 e. The van der Waals surface area contributed by atoms with Crippen molar-refractivity contribution in [3.8, 4) is 0 Å². The van der Waals surface area contributed by atoms with Crippen molar-refractivity contribution < 1.29 is 14.3 Å². The number of benzene rings is 2. The molecule has 1 N–H and O–H groups in total. The molecule has 2 aromatic rings. The fourth-order valence-electron chi connectivity index (χ4n) is 1.56. The fourth-order valence-corrected chi connectivity index (χ4v) is 3.00. The molecular formula is C14H9Cl2FO2S. The summed E-state index contributed by atoms with van der Waals surface area (Å²) in [5, 5.41) is 9.76. The van der Waals surface area contributed by atoms with E-state index in [1.54, 1.807) is 18.2 Å². The van der Waals surface area contributed by atoms with Crippen LogP contribution < -0.4 is 0 Å². The molecule has 0 saturated carbocycles. The van der Waals surface area contributed by atoms with Crippen molar-refractivity contribution in [3.05, 3.63) is 63.4 Å². The van der Waals surface area contributed by atoms with Crippen LogP contribution in [0.25, 0.3) is 0 Å². The number of thioether (sulfide) groups is 1. The molecule has 0 aliphatic heterocycles. The molecule has 2 aromatic carbocycles. The van der Waals surface area contributed by atoms with E-state index < -0.39 is 11.8 Å². The van der Waals surface area contributed by atoms with E-state index in [0.29, 0.717) is 15.8 Å². The lowest BCUT2D eigenvalue weighted by molar-refractivity contribution is 0.0696. The summed E-state index contributed by atoms with van der Waals surface area (Å²) in [6, 6.07) is 8.90. The van der Waals surface area contributed by atoms with E-state index in [1.165, 1.54) is 23.9 Å². The zero-order chi connectivity index (χ0) is 14.7. The van der Waals surface area contributed by atoms with Gasteiger partial charge in [-0.2, -0.15) is 0 Å². The number of carboxylic acid groups (broad SMARTS) is 1. The molecule has 0 aromatic heterocycles. The SMILES string of the molecule is O=C(O)c1ccc(F)c(SCc2cccc(Cl)c2Cl)c1. The first-order valence-corrected chi connectivity index (χ1v) is 7.31. The summed E-state index contributed by atoms with van der Waals surface area (Å²) >= 11 is 13.1. The summed E-state index contributed by atoms with van der Waals surface area (Å²) < 4.78 is 13.6. The first kappa shape index (κ1) is 15.2. The first-order valence-electron chi connectivity index (χ1n) is 5.57. The van der Waals surface area contributed by atoms with Crippen LogP contribution in [0.15, 0.2) is 41.3 Å². The Morgan fingerprint density at radius 3 is 2.70 bits per heavy atom. The van der Waals surface area contributed by atoms with Crippen LogP contribution in [0.1, 0.15) is 15.9 Å². The highest BCUT2D eigenvalue weighted by Crippen LogP contribution is 2.32. The molecule has 0 spiro atoms. The minimum Gasteiger partial charge on any atom is -0.478 e. The Balaban J connectivity index is 2.20. The van der Waals surface area contributed by atoms with Crippen molar-refractivity contribution in [2.45, 2.75) is 10.6 Å². The van der Waals surface area contributed by atoms with Gasteiger partial charge in [0.25, 0.3) is 0 Å². The molecule has 0 saturated heterocycles. The predicted octanol–water partition coefficient (Wildman–Crippen LogP) is 5.12. The van der Waals surface area contributed by atoms with Crippen LogP contribution in [0.4, 0.5) is 4.39 Å². The minimum absolute atomic E-state index is 0.0473. The summed E-state index contributed by atoms with van der Waals surface area (Å²) in [5.74, 6) is -1.15. The van der Waals surface area contributed by atoms with Crippen molar-refractivity contribution >= 4 is 40.9 Å². The smallest absolute Gasteiger partial charge is 0.335 e. The third kappa shape index (κ3) is 3.45. The van der Waals surface area contributed by atoms with E-state index in [4.69, 9.17) is 28.3 Å². The summed E-state index contributed by atoms with van der Waals surface area (Å²) in [7, 11) is 0. The third-order valence-corrected chi connectivity index (χ3v) is 4.53. The van der Waals surface area contributed by atoms with E-state index in [0.717, 1.165) is 11.6 Å². The molecule has 0 aliphatic rings. The van der Waals surface area contributed by atoms with Crippen molar-refractivity contribution in [1.29, 1.82) is 0 Å². The van der Waals surface area contributed by atoms with Crippen LogP contribution in [0.3, 0.4) is 0 Å². The molecule has 0 atom stereocenters. The Morgan fingerprint density at radius 2 is 2.00 bits per heavy atom. The van der Waals surface area contributed by atoms with Gasteiger partial charge in [-0.05, 0) is 29.8 Å². The van der Waals surface area contributed by atoms with E-state index >= 15 is 0 Å². The van der Waals surface area contributed by atoms with Gasteiger partial charge in [0.05, 0.1) is 15.6 Å². The molecule has 0 bridgehead atoms. The summed E-state index contributed by atoms with van der Waals surface area (Å²) in [4.78, 5) is 11.1. The monoisotopic (exact) mass is 330 g/mol. The molecule has 104 valence electrons. The second-order valence-corrected chi connectivity index (χ2v) is 5.75. The van der Waals surface area contributed by atoms with Gasteiger partial charge >= 0.3 is 5.97 Å². The molecule has 2 rings (SSSR count). The average molecular weight is 331 g/mol. The van der Waals surface area contributed by atoms with Gasteiger partial charge in [-0.25, -0.2) is 9.18 Å². The molecule has 20 heavy (non-hydrogen) atoms. The van der Waals surface area contributed by atoms with Gasteiger partial charge < -0.3 is 5.11 Å². The Bertz CT molecular complexity index is 662. The van der Waals surface area contributed by atoms with Crippen LogP contribution in [-0.4, -0.2) is 11.1 Å². The Labute approximate surface area is 129 Å². The zero-order valence-electron chi connectivity index (χ0n) is 10.1. The minimum atomic E-state index is -1.09. The van der Waals surface area contributed by atoms with Gasteiger partial charge in [0, 0.05) is 10.6 Å². The largest absolute Gasteiger partial charge is 0.478 e. The summed E-state index contributed by atoms with van der Waals surface area (Å²) in [5.41, 5.74) is 0.815. The molecule has 6 heteroatoms. The van der Waals surface area contributed by atoms with E-state index in [-0.39, 0.29) is 10.5 Å². The van der Waals surface area contributed by atoms with Gasteiger partial charge in [0.2, 0.25) is 0 Å². The van der Waals surface area contributed by atoms with Crippen molar-refractivity contribution in [2.24, 2.45) is 0 Å². The quantitative estimate of drug-likeness (QED) is 0.790. The number of hydrogen-bond acceptors (Lipinski definition) is 2. The molecule has 0 radical (unpaired) electrons. The first-order chi connectivity index (χ1) is 9.49.